The Morgan fingerprint density at radius 1 is 1.44 bits per heavy atom. The smallest absolute Gasteiger partial charge is 0.307 e. The van der Waals surface area contributed by atoms with Crippen molar-refractivity contribution in [3.05, 3.63) is 35.9 Å². The molecule has 0 bridgehead atoms. The van der Waals surface area contributed by atoms with Gasteiger partial charge in [0.25, 0.3) is 0 Å². The van der Waals surface area contributed by atoms with Gasteiger partial charge >= 0.3 is 5.97 Å². The summed E-state index contributed by atoms with van der Waals surface area (Å²) in [5.41, 5.74) is 1.15. The Morgan fingerprint density at radius 2 is 2.12 bits per heavy atom. The molecule has 16 heavy (non-hydrogen) atoms. The van der Waals surface area contributed by atoms with Crippen LogP contribution in [0.2, 0.25) is 0 Å². The van der Waals surface area contributed by atoms with E-state index in [1.165, 1.54) is 0 Å². The number of esters is 1. The van der Waals surface area contributed by atoms with Gasteiger partial charge in [0.2, 0.25) is 0 Å². The van der Waals surface area contributed by atoms with Crippen LogP contribution < -0.4 is 0 Å². The highest BCUT2D eigenvalue weighted by Crippen LogP contribution is 2.18. The van der Waals surface area contributed by atoms with Crippen molar-refractivity contribution >= 4 is 28.6 Å². The second kappa shape index (κ2) is 7.29. The largest absolute Gasteiger partial charge is 0.452 e. The number of hydrogen-bond donors (Lipinski definition) is 0. The number of carbonyl (C=O) groups excluding carboxylic acids is 1. The molecule has 0 radical (unpaired) electrons. The first-order valence-electron chi connectivity index (χ1n) is 5.03. The van der Waals surface area contributed by atoms with Crippen LogP contribution in [0, 0.1) is 9.85 Å². The summed E-state index contributed by atoms with van der Waals surface area (Å²) in [7, 11) is 0. The van der Waals surface area contributed by atoms with Gasteiger partial charge in [-0.1, -0.05) is 43.2 Å². The number of benzene rings is 1. The van der Waals surface area contributed by atoms with Crippen molar-refractivity contribution < 1.29 is 9.53 Å². The molecule has 0 N–H and O–H groups in total. The molecule has 0 saturated carbocycles. The molecule has 0 fully saturated rings. The second-order valence-electron chi connectivity index (χ2n) is 3.45. The van der Waals surface area contributed by atoms with Gasteiger partial charge in [0, 0.05) is 22.6 Å². The van der Waals surface area contributed by atoms with Gasteiger partial charge < -0.3 is 4.74 Å². The van der Waals surface area contributed by atoms with Gasteiger partial charge in [-0.05, 0) is 15.4 Å². The zero-order valence-electron chi connectivity index (χ0n) is 9.07. The van der Waals surface area contributed by atoms with E-state index in [1.54, 1.807) is 0 Å². The van der Waals surface area contributed by atoms with Crippen LogP contribution in [-0.4, -0.2) is 12.6 Å². The Labute approximate surface area is 110 Å². The van der Waals surface area contributed by atoms with Crippen LogP contribution in [0.15, 0.2) is 30.3 Å². The van der Waals surface area contributed by atoms with Gasteiger partial charge in [-0.3, -0.25) is 4.79 Å². The number of hydrogen-bond acceptors (Lipinski definition) is 2. The Hall–Kier alpha value is -1.02. The molecule has 0 spiro atoms. The van der Waals surface area contributed by atoms with Crippen LogP contribution in [0.5, 0.6) is 0 Å². The van der Waals surface area contributed by atoms with Crippen LogP contribution in [0.1, 0.15) is 24.8 Å². The Balaban J connectivity index is 2.41. The Bertz CT molecular complexity index is 389. The number of carbonyl (C=O) groups is 1. The molecular weight excluding hydrogens is 315 g/mol. The van der Waals surface area contributed by atoms with Crippen molar-refractivity contribution in [1.29, 1.82) is 0 Å². The maximum Gasteiger partial charge on any atom is 0.307 e. The lowest BCUT2D eigenvalue weighted by Gasteiger charge is -2.10. The lowest BCUT2D eigenvalue weighted by atomic mass is 9.98. The summed E-state index contributed by atoms with van der Waals surface area (Å²) in [5.74, 6) is 2.67. The van der Waals surface area contributed by atoms with Gasteiger partial charge in [-0.2, -0.15) is 0 Å². The van der Waals surface area contributed by atoms with Gasteiger partial charge in [-0.15, -0.1) is 0 Å². The molecule has 0 aliphatic rings. The fourth-order valence-electron chi connectivity index (χ4n) is 1.35. The number of rotatable bonds is 4. The summed E-state index contributed by atoms with van der Waals surface area (Å²) in [6.45, 7) is 2.20. The highest BCUT2D eigenvalue weighted by molar-refractivity contribution is 14.1. The average molecular weight is 328 g/mol. The molecule has 1 rings (SSSR count). The van der Waals surface area contributed by atoms with Crippen molar-refractivity contribution in [2.45, 2.75) is 19.3 Å². The molecule has 1 atom stereocenters. The molecule has 0 aromatic heterocycles. The topological polar surface area (TPSA) is 26.3 Å². The Morgan fingerprint density at radius 3 is 2.75 bits per heavy atom. The maximum atomic E-state index is 11.4. The fraction of sp³-hybridized carbons (Fsp3) is 0.308. The molecular formula is C13H13IO2. The molecule has 0 saturated heterocycles. The van der Waals surface area contributed by atoms with E-state index in [0.717, 1.165) is 5.56 Å². The minimum absolute atomic E-state index is 0.182. The normalized spacial score (nSPS) is 11.1. The third-order valence-corrected chi connectivity index (χ3v) is 2.59. The summed E-state index contributed by atoms with van der Waals surface area (Å²) in [6, 6.07) is 9.94. The minimum atomic E-state index is -0.199. The van der Waals surface area contributed by atoms with Crippen molar-refractivity contribution in [3.8, 4) is 9.85 Å². The van der Waals surface area contributed by atoms with Gasteiger partial charge in [0.05, 0.1) is 6.42 Å². The molecule has 84 valence electrons. The molecule has 0 heterocycles. The standard InChI is InChI=1S/C13H13IO2/c1-11(12-6-3-2-4-7-12)10-13(15)16-9-5-8-14/h2-4,6-7,11H,9-10H2,1H3. The summed E-state index contributed by atoms with van der Waals surface area (Å²) < 4.78 is 7.61. The highest BCUT2D eigenvalue weighted by Gasteiger charge is 2.11. The van der Waals surface area contributed by atoms with E-state index in [9.17, 15) is 4.79 Å². The molecule has 2 nitrogen and oxygen atoms in total. The molecule has 1 aromatic rings. The zero-order valence-corrected chi connectivity index (χ0v) is 11.2. The summed E-state index contributed by atoms with van der Waals surface area (Å²) in [6.07, 6.45) is 0.396. The van der Waals surface area contributed by atoms with Crippen LogP contribution in [-0.2, 0) is 9.53 Å². The summed E-state index contributed by atoms with van der Waals surface area (Å²) in [5, 5.41) is 0. The van der Waals surface area contributed by atoms with E-state index in [0.29, 0.717) is 6.42 Å². The second-order valence-corrected chi connectivity index (χ2v) is 3.99. The molecule has 0 aliphatic heterocycles. The van der Waals surface area contributed by atoms with Crippen molar-refractivity contribution in [2.24, 2.45) is 0 Å². The summed E-state index contributed by atoms with van der Waals surface area (Å²) in [4.78, 5) is 11.4. The van der Waals surface area contributed by atoms with Crippen molar-refractivity contribution in [1.82, 2.24) is 0 Å². The van der Waals surface area contributed by atoms with Gasteiger partial charge in [-0.25, -0.2) is 0 Å². The average Bonchev–Trinajstić information content (AvgIpc) is 2.30. The monoisotopic (exact) mass is 328 g/mol. The maximum absolute atomic E-state index is 11.4. The predicted octanol–water partition coefficient (Wildman–Crippen LogP) is 3.12. The Kier molecular flexibility index (Phi) is 5.94. The van der Waals surface area contributed by atoms with E-state index < -0.39 is 0 Å². The minimum Gasteiger partial charge on any atom is -0.452 e. The lowest BCUT2D eigenvalue weighted by molar-refractivity contribution is -0.142. The van der Waals surface area contributed by atoms with Gasteiger partial charge in [0.15, 0.2) is 6.61 Å². The highest BCUT2D eigenvalue weighted by atomic mass is 127. The van der Waals surface area contributed by atoms with Crippen LogP contribution in [0.4, 0.5) is 0 Å². The van der Waals surface area contributed by atoms with E-state index in [1.807, 2.05) is 59.8 Å². The predicted molar refractivity (Wildman–Crippen MR) is 72.2 cm³/mol. The first-order valence-corrected chi connectivity index (χ1v) is 6.11. The van der Waals surface area contributed by atoms with Gasteiger partial charge in [0.1, 0.15) is 0 Å². The van der Waals surface area contributed by atoms with Crippen LogP contribution in [0.3, 0.4) is 0 Å². The van der Waals surface area contributed by atoms with E-state index in [2.05, 4.69) is 9.85 Å². The van der Waals surface area contributed by atoms with Crippen molar-refractivity contribution in [3.63, 3.8) is 0 Å². The third kappa shape index (κ3) is 4.67. The summed E-state index contributed by atoms with van der Waals surface area (Å²) >= 11 is 1.92. The fourth-order valence-corrected chi connectivity index (χ4v) is 1.51. The zero-order chi connectivity index (χ0) is 11.8. The molecule has 1 aromatic carbocycles. The number of halogens is 1. The third-order valence-electron chi connectivity index (χ3n) is 2.21. The molecule has 0 amide bonds. The first-order chi connectivity index (χ1) is 7.74. The van der Waals surface area contributed by atoms with E-state index >= 15 is 0 Å². The first kappa shape index (κ1) is 13.0. The van der Waals surface area contributed by atoms with E-state index in [4.69, 9.17) is 4.74 Å². The lowest BCUT2D eigenvalue weighted by Crippen LogP contribution is -2.08. The SMILES string of the molecule is CC(CC(=O)OCC#CI)c1ccccc1. The van der Waals surface area contributed by atoms with E-state index in [-0.39, 0.29) is 18.5 Å². The van der Waals surface area contributed by atoms with Crippen LogP contribution >= 0.6 is 22.6 Å². The van der Waals surface area contributed by atoms with Crippen molar-refractivity contribution in [2.75, 3.05) is 6.61 Å². The molecule has 1 unspecified atom stereocenters. The quantitative estimate of drug-likeness (QED) is 0.482. The molecule has 0 aliphatic carbocycles. The molecule has 3 heteroatoms. The van der Waals surface area contributed by atoms with Crippen LogP contribution in [0.25, 0.3) is 0 Å². The number of ether oxygens (including phenoxy) is 1.